The van der Waals surface area contributed by atoms with Gasteiger partial charge < -0.3 is 5.32 Å². The molecule has 1 amide bonds. The van der Waals surface area contributed by atoms with Gasteiger partial charge in [-0.3, -0.25) is 19.7 Å². The van der Waals surface area contributed by atoms with E-state index in [2.05, 4.69) is 10.4 Å². The molecule has 0 fully saturated rings. The van der Waals surface area contributed by atoms with Crippen LogP contribution in [0.1, 0.15) is 10.4 Å². The standard InChI is InChI=1S/C24H17ClN4O4/c1-28-24(31)21(23(30)26-18-13-12-17(25)14-19(18)29(32)33)20(15-8-4-2-5-9-15)22(27-28)16-10-6-3-7-11-16/h2-14H,1H3,(H,26,30). The van der Waals surface area contributed by atoms with Crippen molar-refractivity contribution in [3.63, 3.8) is 0 Å². The maximum Gasteiger partial charge on any atom is 0.294 e. The average Bonchev–Trinajstić information content (AvgIpc) is 2.82. The highest BCUT2D eigenvalue weighted by atomic mass is 35.5. The number of aromatic nitrogens is 2. The summed E-state index contributed by atoms with van der Waals surface area (Å²) in [5.41, 5.74) is 0.804. The normalized spacial score (nSPS) is 10.6. The number of nitrogens with zero attached hydrogens (tertiary/aromatic N) is 3. The van der Waals surface area contributed by atoms with Gasteiger partial charge in [-0.05, 0) is 17.7 Å². The van der Waals surface area contributed by atoms with Crippen molar-refractivity contribution in [1.82, 2.24) is 9.78 Å². The number of anilines is 1. The van der Waals surface area contributed by atoms with Gasteiger partial charge >= 0.3 is 0 Å². The third-order valence-corrected chi connectivity index (χ3v) is 5.22. The molecule has 0 bridgehead atoms. The molecule has 0 unspecified atom stereocenters. The predicted octanol–water partition coefficient (Wildman–Crippen LogP) is 4.93. The van der Waals surface area contributed by atoms with E-state index in [1.54, 1.807) is 24.3 Å². The maximum absolute atomic E-state index is 13.4. The van der Waals surface area contributed by atoms with E-state index in [1.807, 2.05) is 36.4 Å². The molecular weight excluding hydrogens is 444 g/mol. The molecule has 1 heterocycles. The fourth-order valence-electron chi connectivity index (χ4n) is 3.47. The number of hydrogen-bond acceptors (Lipinski definition) is 5. The van der Waals surface area contributed by atoms with Crippen LogP contribution in [0.25, 0.3) is 22.4 Å². The molecule has 0 saturated carbocycles. The number of hydrogen-bond donors (Lipinski definition) is 1. The maximum atomic E-state index is 13.4. The molecule has 0 aliphatic heterocycles. The molecular formula is C24H17ClN4O4. The Balaban J connectivity index is 1.95. The van der Waals surface area contributed by atoms with E-state index >= 15 is 0 Å². The highest BCUT2D eigenvalue weighted by Crippen LogP contribution is 2.33. The van der Waals surface area contributed by atoms with Gasteiger partial charge in [-0.2, -0.15) is 5.10 Å². The van der Waals surface area contributed by atoms with E-state index < -0.39 is 16.4 Å². The second-order valence-electron chi connectivity index (χ2n) is 7.13. The third-order valence-electron chi connectivity index (χ3n) is 4.99. The summed E-state index contributed by atoms with van der Waals surface area (Å²) in [5.74, 6) is -0.792. The van der Waals surface area contributed by atoms with Crippen molar-refractivity contribution in [3.05, 3.63) is 110 Å². The predicted molar refractivity (Wildman–Crippen MR) is 126 cm³/mol. The molecule has 0 atom stereocenters. The van der Waals surface area contributed by atoms with Crippen molar-refractivity contribution in [3.8, 4) is 22.4 Å². The zero-order valence-corrected chi connectivity index (χ0v) is 18.1. The molecule has 0 aliphatic carbocycles. The largest absolute Gasteiger partial charge is 0.316 e. The topological polar surface area (TPSA) is 107 Å². The second kappa shape index (κ2) is 9.05. The molecule has 0 saturated heterocycles. The molecule has 9 heteroatoms. The molecule has 1 N–H and O–H groups in total. The summed E-state index contributed by atoms with van der Waals surface area (Å²) in [7, 11) is 1.45. The molecule has 1 aromatic heterocycles. The van der Waals surface area contributed by atoms with Gasteiger partial charge in [-0.25, -0.2) is 4.68 Å². The minimum atomic E-state index is -0.792. The van der Waals surface area contributed by atoms with E-state index in [0.29, 0.717) is 22.4 Å². The smallest absolute Gasteiger partial charge is 0.294 e. The molecule has 3 aromatic carbocycles. The first-order chi connectivity index (χ1) is 15.9. The summed E-state index contributed by atoms with van der Waals surface area (Å²) < 4.78 is 1.08. The zero-order valence-electron chi connectivity index (χ0n) is 17.4. The number of benzene rings is 3. The third kappa shape index (κ3) is 4.37. The van der Waals surface area contributed by atoms with Crippen LogP contribution in [0.5, 0.6) is 0 Å². The monoisotopic (exact) mass is 460 g/mol. The summed E-state index contributed by atoms with van der Waals surface area (Å²) in [4.78, 5) is 37.4. The van der Waals surface area contributed by atoms with E-state index in [1.165, 1.54) is 19.2 Å². The lowest BCUT2D eigenvalue weighted by molar-refractivity contribution is -0.383. The van der Waals surface area contributed by atoms with Crippen molar-refractivity contribution in [2.24, 2.45) is 7.05 Å². The van der Waals surface area contributed by atoms with Crippen LogP contribution in [0.4, 0.5) is 11.4 Å². The number of halogens is 1. The van der Waals surface area contributed by atoms with Gasteiger partial charge in [-0.15, -0.1) is 0 Å². The van der Waals surface area contributed by atoms with Gasteiger partial charge in [0.1, 0.15) is 11.3 Å². The minimum Gasteiger partial charge on any atom is -0.316 e. The Hall–Kier alpha value is -4.30. The first-order valence-corrected chi connectivity index (χ1v) is 10.2. The number of amides is 1. The van der Waals surface area contributed by atoms with Crippen LogP contribution in [0.2, 0.25) is 5.02 Å². The van der Waals surface area contributed by atoms with Crippen molar-refractivity contribution in [2.75, 3.05) is 5.32 Å². The van der Waals surface area contributed by atoms with Gasteiger partial charge in [0, 0.05) is 29.3 Å². The summed E-state index contributed by atoms with van der Waals surface area (Å²) in [6.07, 6.45) is 0. The Morgan fingerprint density at radius 3 is 2.21 bits per heavy atom. The number of nitro benzene ring substituents is 1. The highest BCUT2D eigenvalue weighted by molar-refractivity contribution is 6.31. The molecule has 4 aromatic rings. The van der Waals surface area contributed by atoms with Crippen LogP contribution in [-0.4, -0.2) is 20.6 Å². The number of nitro groups is 1. The average molecular weight is 461 g/mol. The number of carbonyl (C=O) groups is 1. The molecule has 8 nitrogen and oxygen atoms in total. The van der Waals surface area contributed by atoms with Gasteiger partial charge in [0.05, 0.1) is 10.6 Å². The number of carbonyl (C=O) groups excluding carboxylic acids is 1. The SMILES string of the molecule is Cn1nc(-c2ccccc2)c(-c2ccccc2)c(C(=O)Nc2ccc(Cl)cc2[N+](=O)[O-])c1=O. The van der Waals surface area contributed by atoms with Crippen molar-refractivity contribution in [2.45, 2.75) is 0 Å². The quantitative estimate of drug-likeness (QED) is 0.335. The summed E-state index contributed by atoms with van der Waals surface area (Å²) in [6.45, 7) is 0. The van der Waals surface area contributed by atoms with Gasteiger partial charge in [-0.1, -0.05) is 72.3 Å². The molecule has 33 heavy (non-hydrogen) atoms. The van der Waals surface area contributed by atoms with Crippen LogP contribution in [-0.2, 0) is 7.05 Å². The highest BCUT2D eigenvalue weighted by Gasteiger charge is 2.26. The van der Waals surface area contributed by atoms with Crippen molar-refractivity contribution < 1.29 is 9.72 Å². The van der Waals surface area contributed by atoms with Crippen LogP contribution in [0, 0.1) is 10.1 Å². The first kappa shape index (κ1) is 21.9. The number of nitrogens with one attached hydrogen (secondary N) is 1. The fourth-order valence-corrected chi connectivity index (χ4v) is 3.64. The molecule has 164 valence electrons. The summed E-state index contributed by atoms with van der Waals surface area (Å²) in [5, 5.41) is 18.5. The van der Waals surface area contributed by atoms with Crippen LogP contribution in [0.15, 0.2) is 83.7 Å². The lowest BCUT2D eigenvalue weighted by atomic mass is 9.95. The van der Waals surface area contributed by atoms with Crippen molar-refractivity contribution in [1.29, 1.82) is 0 Å². The van der Waals surface area contributed by atoms with Gasteiger partial charge in [0.25, 0.3) is 17.2 Å². The minimum absolute atomic E-state index is 0.0754. The summed E-state index contributed by atoms with van der Waals surface area (Å²) in [6, 6.07) is 22.0. The molecule has 0 radical (unpaired) electrons. The number of rotatable bonds is 5. The lowest BCUT2D eigenvalue weighted by Gasteiger charge is -2.16. The second-order valence-corrected chi connectivity index (χ2v) is 7.57. The van der Waals surface area contributed by atoms with E-state index in [-0.39, 0.29) is 22.0 Å². The Morgan fingerprint density at radius 1 is 1.00 bits per heavy atom. The van der Waals surface area contributed by atoms with Crippen LogP contribution in [0.3, 0.4) is 0 Å². The molecule has 0 aliphatic rings. The van der Waals surface area contributed by atoms with Gasteiger partial charge in [0.15, 0.2) is 0 Å². The van der Waals surface area contributed by atoms with Crippen molar-refractivity contribution >= 4 is 28.9 Å². The molecule has 4 rings (SSSR count). The van der Waals surface area contributed by atoms with E-state index in [9.17, 15) is 19.7 Å². The first-order valence-electron chi connectivity index (χ1n) is 9.84. The number of aryl methyl sites for hydroxylation is 1. The van der Waals surface area contributed by atoms with E-state index in [0.717, 1.165) is 10.7 Å². The van der Waals surface area contributed by atoms with E-state index in [4.69, 9.17) is 11.6 Å². The Labute approximate surface area is 193 Å². The van der Waals surface area contributed by atoms with Crippen LogP contribution >= 0.6 is 11.6 Å². The summed E-state index contributed by atoms with van der Waals surface area (Å²) >= 11 is 5.88. The lowest BCUT2D eigenvalue weighted by Crippen LogP contribution is -2.31. The Morgan fingerprint density at radius 2 is 1.61 bits per heavy atom. The van der Waals surface area contributed by atoms with Gasteiger partial charge in [0.2, 0.25) is 0 Å². The Kier molecular flexibility index (Phi) is 6.01. The Bertz CT molecular complexity index is 1420. The fraction of sp³-hybridized carbons (Fsp3) is 0.0417. The van der Waals surface area contributed by atoms with Crippen LogP contribution < -0.4 is 10.9 Å². The molecule has 0 spiro atoms. The zero-order chi connectivity index (χ0) is 23.5.